The summed E-state index contributed by atoms with van der Waals surface area (Å²) in [5, 5.41) is 0. The average molecular weight is 259 g/mol. The molecule has 1 heterocycles. The highest BCUT2D eigenvalue weighted by molar-refractivity contribution is 6.02. The third kappa shape index (κ3) is 1.81. The first kappa shape index (κ1) is 12.5. The number of nitrogens with zero attached hydrogens (tertiary/aromatic N) is 3. The van der Waals surface area contributed by atoms with E-state index in [2.05, 4.69) is 17.1 Å². The lowest BCUT2D eigenvalue weighted by molar-refractivity contribution is 0.162. The monoisotopic (exact) mass is 259 g/mol. The molecule has 2 amide bonds. The van der Waals surface area contributed by atoms with Gasteiger partial charge in [-0.25, -0.2) is 4.79 Å². The zero-order chi connectivity index (χ0) is 13.6. The van der Waals surface area contributed by atoms with Crippen molar-refractivity contribution in [1.82, 2.24) is 9.80 Å². The number of rotatable bonds is 0. The van der Waals surface area contributed by atoms with E-state index in [0.29, 0.717) is 0 Å². The van der Waals surface area contributed by atoms with Crippen LogP contribution in [0.4, 0.5) is 4.79 Å². The molecule has 0 N–H and O–H groups in total. The molecule has 4 nitrogen and oxygen atoms in total. The second-order valence-corrected chi connectivity index (χ2v) is 5.64. The molecule has 0 spiro atoms. The van der Waals surface area contributed by atoms with E-state index in [1.165, 1.54) is 30.4 Å². The molecule has 0 aromatic carbocycles. The third-order valence-corrected chi connectivity index (χ3v) is 4.58. The van der Waals surface area contributed by atoms with Crippen LogP contribution in [-0.2, 0) is 0 Å². The van der Waals surface area contributed by atoms with E-state index >= 15 is 0 Å². The number of carbonyl (C=O) groups is 1. The van der Waals surface area contributed by atoms with Gasteiger partial charge in [0.25, 0.3) is 0 Å². The van der Waals surface area contributed by atoms with Crippen molar-refractivity contribution in [3.05, 3.63) is 23.3 Å². The molecule has 4 heteroatoms. The molecule has 1 aliphatic heterocycles. The van der Waals surface area contributed by atoms with Gasteiger partial charge in [0.15, 0.2) is 0 Å². The van der Waals surface area contributed by atoms with Crippen molar-refractivity contribution in [3.8, 4) is 0 Å². The Balaban J connectivity index is 2.03. The first-order chi connectivity index (χ1) is 9.13. The summed E-state index contributed by atoms with van der Waals surface area (Å²) in [5.74, 6) is 1.11. The van der Waals surface area contributed by atoms with Crippen LogP contribution in [-0.4, -0.2) is 48.9 Å². The molecule has 102 valence electrons. The Morgan fingerprint density at radius 3 is 2.42 bits per heavy atom. The Labute approximate surface area is 114 Å². The van der Waals surface area contributed by atoms with Crippen molar-refractivity contribution in [2.24, 2.45) is 10.9 Å². The predicted octanol–water partition coefficient (Wildman–Crippen LogP) is 2.44. The van der Waals surface area contributed by atoms with Crippen molar-refractivity contribution in [2.45, 2.75) is 31.7 Å². The molecule has 0 radical (unpaired) electrons. The minimum atomic E-state index is 0.0337. The predicted molar refractivity (Wildman–Crippen MR) is 76.2 cm³/mol. The number of carbonyl (C=O) groups excluding carboxylic acids is 1. The van der Waals surface area contributed by atoms with Crippen LogP contribution in [0.15, 0.2) is 28.3 Å². The Morgan fingerprint density at radius 2 is 1.79 bits per heavy atom. The largest absolute Gasteiger partial charge is 0.325 e. The fraction of sp³-hybridized carbons (Fsp3) is 0.600. The Bertz CT molecular complexity index is 504. The van der Waals surface area contributed by atoms with Gasteiger partial charge in [-0.15, -0.1) is 0 Å². The fourth-order valence-electron chi connectivity index (χ4n) is 3.52. The Hall–Kier alpha value is -1.58. The molecular weight excluding hydrogens is 238 g/mol. The average Bonchev–Trinajstić information content (AvgIpc) is 2.44. The van der Waals surface area contributed by atoms with E-state index in [9.17, 15) is 4.79 Å². The summed E-state index contributed by atoms with van der Waals surface area (Å²) in [4.78, 5) is 20.1. The standard InChI is InChI=1S/C15H21N3O/c1-16-14-12-8-10-6-4-5-7-11(10)9-13(12)17(2)15(19)18(14)3/h8-9,12-13H,4-7H2,1-3H3/t12-,13+/m1/s1. The number of amides is 2. The molecule has 3 aliphatic rings. The van der Waals surface area contributed by atoms with Gasteiger partial charge in [0.2, 0.25) is 0 Å². The van der Waals surface area contributed by atoms with Gasteiger partial charge < -0.3 is 4.90 Å². The molecule has 3 rings (SSSR count). The summed E-state index contributed by atoms with van der Waals surface area (Å²) in [7, 11) is 5.48. The van der Waals surface area contributed by atoms with Crippen LogP contribution in [0.25, 0.3) is 0 Å². The zero-order valence-corrected chi connectivity index (χ0v) is 11.9. The van der Waals surface area contributed by atoms with Crippen LogP contribution in [0, 0.1) is 5.92 Å². The second-order valence-electron chi connectivity index (χ2n) is 5.64. The topological polar surface area (TPSA) is 35.9 Å². The summed E-state index contributed by atoms with van der Waals surface area (Å²) >= 11 is 0. The van der Waals surface area contributed by atoms with E-state index in [1.807, 2.05) is 19.0 Å². The highest BCUT2D eigenvalue weighted by Gasteiger charge is 2.41. The van der Waals surface area contributed by atoms with Crippen molar-refractivity contribution in [1.29, 1.82) is 0 Å². The van der Waals surface area contributed by atoms with Gasteiger partial charge in [0.05, 0.1) is 12.0 Å². The molecule has 0 aromatic rings. The lowest BCUT2D eigenvalue weighted by atomic mass is 9.78. The maximum absolute atomic E-state index is 12.2. The van der Waals surface area contributed by atoms with Gasteiger partial charge in [-0.2, -0.15) is 0 Å². The van der Waals surface area contributed by atoms with Crippen molar-refractivity contribution in [3.63, 3.8) is 0 Å². The number of fused-ring (bicyclic) bond motifs is 2. The highest BCUT2D eigenvalue weighted by Crippen LogP contribution is 2.38. The molecule has 19 heavy (non-hydrogen) atoms. The summed E-state index contributed by atoms with van der Waals surface area (Å²) in [6, 6.07) is 0.172. The quantitative estimate of drug-likeness (QED) is 0.658. The van der Waals surface area contributed by atoms with E-state index < -0.39 is 0 Å². The van der Waals surface area contributed by atoms with Crippen molar-refractivity contribution in [2.75, 3.05) is 21.1 Å². The summed E-state index contributed by atoms with van der Waals surface area (Å²) < 4.78 is 0. The van der Waals surface area contributed by atoms with E-state index in [1.54, 1.807) is 11.9 Å². The zero-order valence-electron chi connectivity index (χ0n) is 11.9. The van der Waals surface area contributed by atoms with E-state index in [0.717, 1.165) is 12.3 Å². The maximum atomic E-state index is 12.2. The lowest BCUT2D eigenvalue weighted by Crippen LogP contribution is -2.58. The number of urea groups is 1. The van der Waals surface area contributed by atoms with Crippen LogP contribution >= 0.6 is 0 Å². The minimum Gasteiger partial charge on any atom is -0.320 e. The second kappa shape index (κ2) is 4.51. The smallest absolute Gasteiger partial charge is 0.320 e. The molecule has 2 aliphatic carbocycles. The number of hydrogen-bond acceptors (Lipinski definition) is 2. The van der Waals surface area contributed by atoms with Crippen LogP contribution in [0.2, 0.25) is 0 Å². The molecule has 0 bridgehead atoms. The van der Waals surface area contributed by atoms with Crippen LogP contribution < -0.4 is 0 Å². The molecule has 0 unspecified atom stereocenters. The summed E-state index contributed by atoms with van der Waals surface area (Å²) in [6.45, 7) is 0. The van der Waals surface area contributed by atoms with Crippen LogP contribution in [0.1, 0.15) is 25.7 Å². The number of amidine groups is 1. The maximum Gasteiger partial charge on any atom is 0.325 e. The van der Waals surface area contributed by atoms with Crippen LogP contribution in [0.3, 0.4) is 0 Å². The SMILES string of the molecule is CN=C1[C@@H]2C=C3CCCCC3=C[C@@H]2N(C)C(=O)N1C. The number of allylic oxidation sites excluding steroid dienone is 2. The Morgan fingerprint density at radius 1 is 1.16 bits per heavy atom. The molecule has 1 saturated heterocycles. The highest BCUT2D eigenvalue weighted by atomic mass is 16.2. The van der Waals surface area contributed by atoms with Crippen molar-refractivity contribution < 1.29 is 4.79 Å². The Kier molecular flexibility index (Phi) is 2.96. The van der Waals surface area contributed by atoms with Gasteiger partial charge in [-0.3, -0.25) is 9.89 Å². The lowest BCUT2D eigenvalue weighted by Gasteiger charge is -2.44. The first-order valence-electron chi connectivity index (χ1n) is 7.02. The van der Waals surface area contributed by atoms with E-state index in [4.69, 9.17) is 0 Å². The van der Waals surface area contributed by atoms with Gasteiger partial charge in [-0.05, 0) is 36.8 Å². The fourth-order valence-corrected chi connectivity index (χ4v) is 3.52. The summed E-state index contributed by atoms with van der Waals surface area (Å²) in [5.41, 5.74) is 2.93. The number of aliphatic imine (C=N–C) groups is 1. The van der Waals surface area contributed by atoms with Crippen LogP contribution in [0.5, 0.6) is 0 Å². The molecule has 2 fully saturated rings. The van der Waals surface area contributed by atoms with Crippen molar-refractivity contribution >= 4 is 11.9 Å². The third-order valence-electron chi connectivity index (χ3n) is 4.58. The van der Waals surface area contributed by atoms with E-state index in [-0.39, 0.29) is 18.0 Å². The van der Waals surface area contributed by atoms with Gasteiger partial charge in [0, 0.05) is 21.1 Å². The summed E-state index contributed by atoms with van der Waals surface area (Å²) in [6.07, 6.45) is 9.53. The molecule has 2 atom stereocenters. The van der Waals surface area contributed by atoms with Gasteiger partial charge in [0.1, 0.15) is 5.84 Å². The molecule has 1 saturated carbocycles. The normalized spacial score (nSPS) is 32.8. The number of likely N-dealkylation sites (N-methyl/N-ethyl adjacent to an activating group) is 1. The number of hydrogen-bond donors (Lipinski definition) is 0. The molecule has 0 aromatic heterocycles. The molecular formula is C15H21N3O. The van der Waals surface area contributed by atoms with Gasteiger partial charge >= 0.3 is 6.03 Å². The minimum absolute atomic E-state index is 0.0337. The van der Waals surface area contributed by atoms with Gasteiger partial charge in [-0.1, -0.05) is 12.2 Å². The first-order valence-corrected chi connectivity index (χ1v) is 7.02.